The van der Waals surface area contributed by atoms with Crippen LogP contribution >= 0.6 is 0 Å². The molecule has 2 aromatic heterocycles. The molecule has 0 bridgehead atoms. The Balaban J connectivity index is 1.56. The Morgan fingerprint density at radius 2 is 2.00 bits per heavy atom. The van der Waals surface area contributed by atoms with Crippen LogP contribution in [0.15, 0.2) is 54.7 Å². The van der Waals surface area contributed by atoms with Crippen molar-refractivity contribution < 1.29 is 0 Å². The number of anilines is 3. The van der Waals surface area contributed by atoms with Gasteiger partial charge >= 0.3 is 0 Å². The number of hydrogen-bond donors (Lipinski definition) is 2. The van der Waals surface area contributed by atoms with Crippen molar-refractivity contribution in [3.63, 3.8) is 0 Å². The zero-order valence-corrected chi connectivity index (χ0v) is 13.5. The fourth-order valence-electron chi connectivity index (χ4n) is 3.20. The van der Waals surface area contributed by atoms with Gasteiger partial charge in [0.1, 0.15) is 11.6 Å². The van der Waals surface area contributed by atoms with Crippen LogP contribution in [-0.2, 0) is 0 Å². The van der Waals surface area contributed by atoms with E-state index in [9.17, 15) is 0 Å². The van der Waals surface area contributed by atoms with Gasteiger partial charge in [0, 0.05) is 42.5 Å². The smallest absolute Gasteiger partial charge is 0.133 e. The summed E-state index contributed by atoms with van der Waals surface area (Å²) in [6.45, 7) is 1.95. The Morgan fingerprint density at radius 3 is 2.92 bits per heavy atom. The summed E-state index contributed by atoms with van der Waals surface area (Å²) in [5.41, 5.74) is 8.22. The average Bonchev–Trinajstić information content (AvgIpc) is 2.62. The van der Waals surface area contributed by atoms with Gasteiger partial charge in [-0.05, 0) is 37.1 Å². The molecule has 3 aromatic rings. The Kier molecular flexibility index (Phi) is 4.01. The van der Waals surface area contributed by atoms with Crippen molar-refractivity contribution in [1.82, 2.24) is 9.97 Å². The molecule has 1 atom stereocenters. The molecule has 1 fully saturated rings. The van der Waals surface area contributed by atoms with E-state index in [0.29, 0.717) is 0 Å². The van der Waals surface area contributed by atoms with Crippen LogP contribution in [-0.4, -0.2) is 29.1 Å². The summed E-state index contributed by atoms with van der Waals surface area (Å²) in [6.07, 6.45) is 4.07. The maximum Gasteiger partial charge on any atom is 0.133 e. The van der Waals surface area contributed by atoms with E-state index in [1.807, 2.05) is 36.5 Å². The highest BCUT2D eigenvalue weighted by Gasteiger charge is 2.17. The molecule has 0 spiro atoms. The first kappa shape index (κ1) is 14.9. The lowest BCUT2D eigenvalue weighted by Crippen LogP contribution is -2.42. The van der Waals surface area contributed by atoms with Gasteiger partial charge in [0.25, 0.3) is 0 Å². The number of nitrogens with one attached hydrogen (secondary N) is 1. The second kappa shape index (κ2) is 6.45. The fraction of sp³-hybridized carbons (Fsp3) is 0.263. The van der Waals surface area contributed by atoms with E-state index in [1.165, 1.54) is 0 Å². The van der Waals surface area contributed by atoms with E-state index in [-0.39, 0.29) is 6.04 Å². The van der Waals surface area contributed by atoms with Crippen LogP contribution in [0, 0.1) is 0 Å². The molecule has 0 unspecified atom stereocenters. The van der Waals surface area contributed by atoms with Crippen molar-refractivity contribution in [3.8, 4) is 0 Å². The maximum atomic E-state index is 6.09. The van der Waals surface area contributed by atoms with Crippen LogP contribution in [0.4, 0.5) is 17.3 Å². The topological polar surface area (TPSA) is 67.1 Å². The summed E-state index contributed by atoms with van der Waals surface area (Å²) in [5, 5.41) is 4.44. The van der Waals surface area contributed by atoms with E-state index < -0.39 is 0 Å². The third-order valence-electron chi connectivity index (χ3n) is 4.42. The SMILES string of the molecule is N[C@H]1CCCN(c2ccnc(Nc3ccc4ccccc4n3)c2)C1. The highest BCUT2D eigenvalue weighted by atomic mass is 15.2. The number of rotatable bonds is 3. The molecule has 1 aliphatic rings. The highest BCUT2D eigenvalue weighted by molar-refractivity contribution is 5.80. The van der Waals surface area contributed by atoms with Crippen molar-refractivity contribution in [3.05, 3.63) is 54.7 Å². The molecule has 0 aliphatic carbocycles. The highest BCUT2D eigenvalue weighted by Crippen LogP contribution is 2.23. The monoisotopic (exact) mass is 319 g/mol. The van der Waals surface area contributed by atoms with Crippen molar-refractivity contribution in [1.29, 1.82) is 0 Å². The lowest BCUT2D eigenvalue weighted by Gasteiger charge is -2.32. The predicted molar refractivity (Wildman–Crippen MR) is 98.7 cm³/mol. The Labute approximate surface area is 141 Å². The zero-order valence-electron chi connectivity index (χ0n) is 13.5. The molecular formula is C19H21N5. The predicted octanol–water partition coefficient (Wildman–Crippen LogP) is 3.30. The van der Waals surface area contributed by atoms with Gasteiger partial charge in [-0.15, -0.1) is 0 Å². The summed E-state index contributed by atoms with van der Waals surface area (Å²) < 4.78 is 0. The Hall–Kier alpha value is -2.66. The van der Waals surface area contributed by atoms with E-state index in [4.69, 9.17) is 5.73 Å². The number of piperidine rings is 1. The standard InChI is InChI=1S/C19H21N5/c20-15-5-3-11-24(13-15)16-9-10-21-19(12-16)23-18-8-7-14-4-1-2-6-17(14)22-18/h1-2,4,6-10,12,15H,3,5,11,13,20H2,(H,21,22,23)/t15-/m0/s1. The number of benzene rings is 1. The molecule has 3 N–H and O–H groups in total. The van der Waals surface area contributed by atoms with E-state index in [0.717, 1.165) is 54.2 Å². The second-order valence-electron chi connectivity index (χ2n) is 6.26. The molecule has 0 saturated carbocycles. The Bertz CT molecular complexity index is 848. The lowest BCUT2D eigenvalue weighted by atomic mass is 10.1. The Morgan fingerprint density at radius 1 is 1.08 bits per heavy atom. The number of pyridine rings is 2. The fourth-order valence-corrected chi connectivity index (χ4v) is 3.20. The molecule has 1 aromatic carbocycles. The molecule has 5 heteroatoms. The largest absolute Gasteiger partial charge is 0.370 e. The normalized spacial score (nSPS) is 17.9. The molecule has 24 heavy (non-hydrogen) atoms. The van der Waals surface area contributed by atoms with Crippen LogP contribution in [0.1, 0.15) is 12.8 Å². The molecule has 1 aliphatic heterocycles. The molecule has 0 amide bonds. The minimum Gasteiger partial charge on any atom is -0.370 e. The summed E-state index contributed by atoms with van der Waals surface area (Å²) >= 11 is 0. The van der Waals surface area contributed by atoms with Gasteiger partial charge in [-0.3, -0.25) is 0 Å². The van der Waals surface area contributed by atoms with Crippen LogP contribution in [0.3, 0.4) is 0 Å². The molecule has 3 heterocycles. The van der Waals surface area contributed by atoms with E-state index in [2.05, 4.69) is 38.4 Å². The van der Waals surface area contributed by atoms with Crippen molar-refractivity contribution >= 4 is 28.2 Å². The lowest BCUT2D eigenvalue weighted by molar-refractivity contribution is 0.506. The average molecular weight is 319 g/mol. The third-order valence-corrected chi connectivity index (χ3v) is 4.42. The van der Waals surface area contributed by atoms with Crippen molar-refractivity contribution in [2.75, 3.05) is 23.3 Å². The number of para-hydroxylation sites is 1. The molecule has 5 nitrogen and oxygen atoms in total. The molecule has 1 saturated heterocycles. The van der Waals surface area contributed by atoms with Crippen LogP contribution < -0.4 is 16.0 Å². The van der Waals surface area contributed by atoms with Gasteiger partial charge in [-0.1, -0.05) is 18.2 Å². The van der Waals surface area contributed by atoms with Crippen LogP contribution in [0.5, 0.6) is 0 Å². The summed E-state index contributed by atoms with van der Waals surface area (Å²) in [7, 11) is 0. The third kappa shape index (κ3) is 3.16. The van der Waals surface area contributed by atoms with Crippen molar-refractivity contribution in [2.45, 2.75) is 18.9 Å². The van der Waals surface area contributed by atoms with Gasteiger partial charge in [0.05, 0.1) is 5.52 Å². The molecular weight excluding hydrogens is 298 g/mol. The number of nitrogens with zero attached hydrogens (tertiary/aromatic N) is 3. The van der Waals surface area contributed by atoms with Gasteiger partial charge < -0.3 is 16.0 Å². The second-order valence-corrected chi connectivity index (χ2v) is 6.26. The van der Waals surface area contributed by atoms with Gasteiger partial charge in [0.15, 0.2) is 0 Å². The summed E-state index contributed by atoms with van der Waals surface area (Å²) in [6, 6.07) is 16.5. The number of aromatic nitrogens is 2. The first-order chi connectivity index (χ1) is 11.8. The first-order valence-electron chi connectivity index (χ1n) is 8.37. The molecule has 4 rings (SSSR count). The summed E-state index contributed by atoms with van der Waals surface area (Å²) in [4.78, 5) is 11.4. The van der Waals surface area contributed by atoms with Gasteiger partial charge in [-0.25, -0.2) is 9.97 Å². The van der Waals surface area contributed by atoms with Crippen LogP contribution in [0.25, 0.3) is 10.9 Å². The molecule has 0 radical (unpaired) electrons. The minimum atomic E-state index is 0.255. The van der Waals surface area contributed by atoms with Crippen LogP contribution in [0.2, 0.25) is 0 Å². The first-order valence-corrected chi connectivity index (χ1v) is 8.37. The minimum absolute atomic E-state index is 0.255. The number of nitrogens with two attached hydrogens (primary N) is 1. The molecule has 122 valence electrons. The van der Waals surface area contributed by atoms with Gasteiger partial charge in [0.2, 0.25) is 0 Å². The van der Waals surface area contributed by atoms with Gasteiger partial charge in [-0.2, -0.15) is 0 Å². The number of hydrogen-bond acceptors (Lipinski definition) is 5. The summed E-state index contributed by atoms with van der Waals surface area (Å²) in [5.74, 6) is 1.60. The zero-order chi connectivity index (χ0) is 16.4. The number of fused-ring (bicyclic) bond motifs is 1. The van der Waals surface area contributed by atoms with Crippen molar-refractivity contribution in [2.24, 2.45) is 5.73 Å². The quantitative estimate of drug-likeness (QED) is 0.775. The van der Waals surface area contributed by atoms with E-state index >= 15 is 0 Å². The maximum absolute atomic E-state index is 6.09. The van der Waals surface area contributed by atoms with E-state index in [1.54, 1.807) is 0 Å².